The van der Waals surface area contributed by atoms with Crippen LogP contribution in [0.25, 0.3) is 88.2 Å². The van der Waals surface area contributed by atoms with Crippen LogP contribution in [0.3, 0.4) is 0 Å². The first-order valence-corrected chi connectivity index (χ1v) is 18.9. The zero-order chi connectivity index (χ0) is 36.3. The van der Waals surface area contributed by atoms with Gasteiger partial charge in [-0.3, -0.25) is 0 Å². The van der Waals surface area contributed by atoms with Crippen LogP contribution in [0.5, 0.6) is 0 Å². The Morgan fingerprint density at radius 3 is 1.49 bits per heavy atom. The summed E-state index contributed by atoms with van der Waals surface area (Å²) in [6.07, 6.45) is 0. The summed E-state index contributed by atoms with van der Waals surface area (Å²) in [5.41, 5.74) is 14.8. The van der Waals surface area contributed by atoms with E-state index in [2.05, 4.69) is 211 Å². The lowest BCUT2D eigenvalue weighted by Crippen LogP contribution is -2.10. The van der Waals surface area contributed by atoms with Crippen LogP contribution < -0.4 is 4.90 Å². The van der Waals surface area contributed by atoms with Gasteiger partial charge in [0, 0.05) is 27.9 Å². The van der Waals surface area contributed by atoms with Gasteiger partial charge in [-0.15, -0.1) is 0 Å². The van der Waals surface area contributed by atoms with Crippen molar-refractivity contribution in [3.05, 3.63) is 206 Å². The molecule has 0 saturated heterocycles. The van der Waals surface area contributed by atoms with Gasteiger partial charge in [0.05, 0.1) is 22.8 Å². The Morgan fingerprint density at radius 2 is 0.764 bits per heavy atom. The van der Waals surface area contributed by atoms with E-state index < -0.39 is 0 Å². The molecule has 256 valence electrons. The van der Waals surface area contributed by atoms with E-state index in [4.69, 9.17) is 4.98 Å². The van der Waals surface area contributed by atoms with Gasteiger partial charge < -0.3 is 4.90 Å². The number of nitrogens with zero attached hydrogens (tertiary/aromatic N) is 2. The number of rotatable bonds is 4. The van der Waals surface area contributed by atoms with Gasteiger partial charge in [-0.1, -0.05) is 152 Å². The van der Waals surface area contributed by atoms with E-state index in [9.17, 15) is 0 Å². The molecule has 0 saturated carbocycles. The summed E-state index contributed by atoms with van der Waals surface area (Å²) in [6, 6.07) is 74.6. The number of aromatic nitrogens is 1. The highest BCUT2D eigenvalue weighted by Crippen LogP contribution is 2.51. The molecule has 2 nitrogen and oxygen atoms in total. The van der Waals surface area contributed by atoms with E-state index in [1.54, 1.807) is 0 Å². The first kappa shape index (κ1) is 31.3. The highest BCUT2D eigenvalue weighted by atomic mass is 15.1. The van der Waals surface area contributed by atoms with Crippen LogP contribution in [0, 0.1) is 0 Å². The SMILES string of the molecule is c1ccc(N2c3ccccc3-c3ccccc3-c3cc(-c4cccc(-c5cccc(-c6ccc7c8ccccc8c8ccccc8c7c6)n5)c4)ccc32)cc1. The number of para-hydroxylation sites is 2. The van der Waals surface area contributed by atoms with Gasteiger partial charge in [0.1, 0.15) is 0 Å². The summed E-state index contributed by atoms with van der Waals surface area (Å²) >= 11 is 0. The van der Waals surface area contributed by atoms with E-state index in [0.717, 1.165) is 39.5 Å². The van der Waals surface area contributed by atoms with Crippen molar-refractivity contribution in [3.63, 3.8) is 0 Å². The quantitative estimate of drug-likeness (QED) is 0.170. The van der Waals surface area contributed by atoms with Gasteiger partial charge in [0.15, 0.2) is 0 Å². The van der Waals surface area contributed by atoms with Crippen molar-refractivity contribution >= 4 is 49.4 Å². The van der Waals surface area contributed by atoms with Crippen molar-refractivity contribution in [2.45, 2.75) is 0 Å². The van der Waals surface area contributed by atoms with Crippen LogP contribution in [0.15, 0.2) is 206 Å². The predicted octanol–water partition coefficient (Wildman–Crippen LogP) is 14.7. The molecule has 1 aliphatic rings. The molecule has 0 unspecified atom stereocenters. The number of anilines is 3. The molecule has 0 atom stereocenters. The van der Waals surface area contributed by atoms with Gasteiger partial charge in [-0.05, 0) is 109 Å². The van der Waals surface area contributed by atoms with Crippen molar-refractivity contribution in [1.82, 2.24) is 4.98 Å². The smallest absolute Gasteiger partial charge is 0.0709 e. The Kier molecular flexibility index (Phi) is 7.21. The average Bonchev–Trinajstić information content (AvgIpc) is 3.39. The molecule has 0 aliphatic carbocycles. The van der Waals surface area contributed by atoms with Crippen LogP contribution in [0.2, 0.25) is 0 Å². The van der Waals surface area contributed by atoms with E-state index in [1.165, 1.54) is 65.8 Å². The molecule has 1 aliphatic heterocycles. The predicted molar refractivity (Wildman–Crippen MR) is 232 cm³/mol. The highest BCUT2D eigenvalue weighted by molar-refractivity contribution is 6.25. The minimum atomic E-state index is 0.952. The topological polar surface area (TPSA) is 16.1 Å². The lowest BCUT2D eigenvalue weighted by Gasteiger charge is -2.27. The van der Waals surface area contributed by atoms with Crippen LogP contribution >= 0.6 is 0 Å². The number of benzene rings is 9. The Bertz CT molecular complexity index is 3070. The molecule has 11 rings (SSSR count). The molecule has 0 bridgehead atoms. The fourth-order valence-corrected chi connectivity index (χ4v) is 8.64. The molecule has 0 spiro atoms. The standard InChI is InChI=1S/C53H34N2/c1-2-16-39(17-3-1)55-52-27-11-10-24-47(52)43-21-7-9-23-45(43)49-33-36(29-31-53(49)55)35-14-12-15-37(32-35)50-25-13-26-51(54-50)38-28-30-46-42-20-5-4-18-40(42)41-19-6-8-22-44(41)48(46)34-38/h1-34H. The maximum absolute atomic E-state index is 5.27. The van der Waals surface area contributed by atoms with Gasteiger partial charge in [-0.2, -0.15) is 0 Å². The molecule has 55 heavy (non-hydrogen) atoms. The summed E-state index contributed by atoms with van der Waals surface area (Å²) < 4.78 is 0. The summed E-state index contributed by atoms with van der Waals surface area (Å²) in [6.45, 7) is 0. The van der Waals surface area contributed by atoms with Crippen molar-refractivity contribution in [1.29, 1.82) is 0 Å². The third-order valence-electron chi connectivity index (χ3n) is 11.2. The summed E-state index contributed by atoms with van der Waals surface area (Å²) in [7, 11) is 0. The molecule has 10 aromatic rings. The van der Waals surface area contributed by atoms with Gasteiger partial charge in [0.25, 0.3) is 0 Å². The summed E-state index contributed by atoms with van der Waals surface area (Å²) in [4.78, 5) is 7.67. The molecule has 0 fully saturated rings. The fourth-order valence-electron chi connectivity index (χ4n) is 8.64. The summed E-state index contributed by atoms with van der Waals surface area (Å²) in [5.74, 6) is 0. The number of hydrogen-bond donors (Lipinski definition) is 0. The lowest BCUT2D eigenvalue weighted by molar-refractivity contribution is 1.29. The van der Waals surface area contributed by atoms with Crippen LogP contribution in [0.1, 0.15) is 0 Å². The van der Waals surface area contributed by atoms with E-state index in [1.807, 2.05) is 0 Å². The van der Waals surface area contributed by atoms with Crippen molar-refractivity contribution in [2.75, 3.05) is 4.90 Å². The molecule has 0 amide bonds. The van der Waals surface area contributed by atoms with Crippen LogP contribution in [-0.4, -0.2) is 4.98 Å². The summed E-state index contributed by atoms with van der Waals surface area (Å²) in [5, 5.41) is 7.62. The highest BCUT2D eigenvalue weighted by Gasteiger charge is 2.26. The molecular formula is C53H34N2. The first-order chi connectivity index (χ1) is 27.3. The fraction of sp³-hybridized carbons (Fsp3) is 0. The van der Waals surface area contributed by atoms with Crippen LogP contribution in [-0.2, 0) is 0 Å². The Morgan fingerprint density at radius 1 is 0.273 bits per heavy atom. The molecule has 1 aromatic heterocycles. The zero-order valence-electron chi connectivity index (χ0n) is 30.0. The van der Waals surface area contributed by atoms with Gasteiger partial charge in [-0.25, -0.2) is 4.98 Å². The third kappa shape index (κ3) is 5.15. The number of fused-ring (bicyclic) bond motifs is 11. The zero-order valence-corrected chi connectivity index (χ0v) is 30.0. The van der Waals surface area contributed by atoms with Gasteiger partial charge in [0.2, 0.25) is 0 Å². The minimum absolute atomic E-state index is 0.952. The molecule has 0 radical (unpaired) electrons. The molecule has 0 N–H and O–H groups in total. The van der Waals surface area contributed by atoms with E-state index in [-0.39, 0.29) is 0 Å². The lowest BCUT2D eigenvalue weighted by atomic mass is 9.92. The van der Waals surface area contributed by atoms with Gasteiger partial charge >= 0.3 is 0 Å². The second-order valence-corrected chi connectivity index (χ2v) is 14.3. The monoisotopic (exact) mass is 698 g/mol. The van der Waals surface area contributed by atoms with Crippen LogP contribution in [0.4, 0.5) is 17.1 Å². The van der Waals surface area contributed by atoms with Crippen molar-refractivity contribution in [2.24, 2.45) is 0 Å². The second-order valence-electron chi connectivity index (χ2n) is 14.3. The number of pyridine rings is 1. The molecule has 2 heteroatoms. The Labute approximate surface area is 320 Å². The Hall–Kier alpha value is -7.29. The average molecular weight is 699 g/mol. The normalized spacial score (nSPS) is 12.0. The molecular weight excluding hydrogens is 665 g/mol. The first-order valence-electron chi connectivity index (χ1n) is 18.9. The third-order valence-corrected chi connectivity index (χ3v) is 11.2. The Balaban J connectivity index is 1.01. The van der Waals surface area contributed by atoms with E-state index >= 15 is 0 Å². The second kappa shape index (κ2) is 12.7. The van der Waals surface area contributed by atoms with E-state index in [0.29, 0.717) is 0 Å². The largest absolute Gasteiger partial charge is 0.309 e. The maximum Gasteiger partial charge on any atom is 0.0709 e. The maximum atomic E-state index is 5.27. The molecule has 2 heterocycles. The molecule has 9 aromatic carbocycles. The van der Waals surface area contributed by atoms with Crippen molar-refractivity contribution < 1.29 is 0 Å². The van der Waals surface area contributed by atoms with Crippen molar-refractivity contribution in [3.8, 4) is 55.9 Å². The number of hydrogen-bond acceptors (Lipinski definition) is 2. The minimum Gasteiger partial charge on any atom is -0.309 e.